The van der Waals surface area contributed by atoms with Crippen molar-refractivity contribution in [1.82, 2.24) is 10.3 Å². The largest absolute Gasteiger partial charge is 0.491 e. The summed E-state index contributed by atoms with van der Waals surface area (Å²) in [6, 6.07) is 11.3. The van der Waals surface area contributed by atoms with Crippen LogP contribution in [0.4, 0.5) is 5.69 Å². The normalized spacial score (nSPS) is 10.6. The third-order valence-corrected chi connectivity index (χ3v) is 3.09. The molecule has 0 saturated carbocycles. The molecule has 0 aliphatic heterocycles. The smallest absolute Gasteiger partial charge is 0.225 e. The summed E-state index contributed by atoms with van der Waals surface area (Å²) in [4.78, 5) is 15.9. The van der Waals surface area contributed by atoms with E-state index in [1.165, 1.54) is 0 Å². The zero-order chi connectivity index (χ0) is 16.5. The second-order valence-electron chi connectivity index (χ2n) is 5.53. The van der Waals surface area contributed by atoms with Gasteiger partial charge < -0.3 is 15.4 Å². The maximum atomic E-state index is 11.9. The van der Waals surface area contributed by atoms with E-state index >= 15 is 0 Å². The standard InChI is InChI=1S/C18H23N3O2/c1-14(2)23-17-7-5-16(6-8-17)21-18(22)9-11-20-13-15-4-3-10-19-12-15/h3-8,10,12,14,20H,9,11,13H2,1-2H3,(H,21,22). The van der Waals surface area contributed by atoms with Gasteiger partial charge in [0.05, 0.1) is 6.10 Å². The number of nitrogens with zero attached hydrogens (tertiary/aromatic N) is 1. The van der Waals surface area contributed by atoms with E-state index in [1.54, 1.807) is 6.20 Å². The van der Waals surface area contributed by atoms with Crippen molar-refractivity contribution in [3.63, 3.8) is 0 Å². The number of anilines is 1. The SMILES string of the molecule is CC(C)Oc1ccc(NC(=O)CCNCc2cccnc2)cc1. The lowest BCUT2D eigenvalue weighted by atomic mass is 10.2. The molecular formula is C18H23N3O2. The average Bonchev–Trinajstić information content (AvgIpc) is 2.54. The fraction of sp³-hybridized carbons (Fsp3) is 0.333. The van der Waals surface area contributed by atoms with Crippen LogP contribution in [0.5, 0.6) is 5.75 Å². The summed E-state index contributed by atoms with van der Waals surface area (Å²) >= 11 is 0. The average molecular weight is 313 g/mol. The zero-order valence-corrected chi connectivity index (χ0v) is 13.6. The Balaban J connectivity index is 1.68. The number of hydrogen-bond acceptors (Lipinski definition) is 4. The van der Waals surface area contributed by atoms with Gasteiger partial charge in [-0.3, -0.25) is 9.78 Å². The fourth-order valence-electron chi connectivity index (χ4n) is 2.05. The molecule has 2 N–H and O–H groups in total. The maximum Gasteiger partial charge on any atom is 0.225 e. The van der Waals surface area contributed by atoms with Crippen LogP contribution in [0, 0.1) is 0 Å². The summed E-state index contributed by atoms with van der Waals surface area (Å²) in [5.41, 5.74) is 1.88. The lowest BCUT2D eigenvalue weighted by Gasteiger charge is -2.11. The number of aromatic nitrogens is 1. The molecule has 1 heterocycles. The van der Waals surface area contributed by atoms with Gasteiger partial charge in [0.15, 0.2) is 0 Å². The van der Waals surface area contributed by atoms with E-state index in [2.05, 4.69) is 15.6 Å². The number of benzene rings is 1. The van der Waals surface area contributed by atoms with Crippen molar-refractivity contribution in [3.8, 4) is 5.75 Å². The molecule has 122 valence electrons. The predicted molar refractivity (Wildman–Crippen MR) is 91.4 cm³/mol. The molecule has 2 rings (SSSR count). The first-order valence-electron chi connectivity index (χ1n) is 7.79. The first kappa shape index (κ1) is 17.0. The quantitative estimate of drug-likeness (QED) is 0.735. The molecule has 0 saturated heterocycles. The van der Waals surface area contributed by atoms with Gasteiger partial charge in [0.25, 0.3) is 0 Å². The minimum absolute atomic E-state index is 0.0128. The Morgan fingerprint density at radius 1 is 1.22 bits per heavy atom. The van der Waals surface area contributed by atoms with Crippen LogP contribution in [0.15, 0.2) is 48.8 Å². The number of nitrogens with one attached hydrogen (secondary N) is 2. The van der Waals surface area contributed by atoms with Gasteiger partial charge in [0.1, 0.15) is 5.75 Å². The van der Waals surface area contributed by atoms with Crippen LogP contribution in [0.25, 0.3) is 0 Å². The van der Waals surface area contributed by atoms with Crippen molar-refractivity contribution in [2.45, 2.75) is 32.9 Å². The van der Waals surface area contributed by atoms with E-state index in [4.69, 9.17) is 4.74 Å². The third kappa shape index (κ3) is 6.48. The molecule has 0 atom stereocenters. The Labute approximate surface area is 137 Å². The number of ether oxygens (including phenoxy) is 1. The van der Waals surface area contributed by atoms with Crippen LogP contribution in [0.3, 0.4) is 0 Å². The molecule has 1 aromatic carbocycles. The monoisotopic (exact) mass is 313 g/mol. The summed E-state index contributed by atoms with van der Waals surface area (Å²) in [6.45, 7) is 5.29. The fourth-order valence-corrected chi connectivity index (χ4v) is 2.05. The second kappa shape index (κ2) is 8.90. The highest BCUT2D eigenvalue weighted by Gasteiger charge is 2.03. The van der Waals surface area contributed by atoms with Crippen molar-refractivity contribution in [2.24, 2.45) is 0 Å². The molecule has 0 unspecified atom stereocenters. The highest BCUT2D eigenvalue weighted by molar-refractivity contribution is 5.90. The van der Waals surface area contributed by atoms with Crippen LogP contribution in [0.1, 0.15) is 25.8 Å². The number of pyridine rings is 1. The van der Waals surface area contributed by atoms with Crippen LogP contribution >= 0.6 is 0 Å². The lowest BCUT2D eigenvalue weighted by Crippen LogP contribution is -2.21. The molecule has 5 nitrogen and oxygen atoms in total. The first-order valence-corrected chi connectivity index (χ1v) is 7.79. The van der Waals surface area contributed by atoms with Gasteiger partial charge in [0.2, 0.25) is 5.91 Å². The van der Waals surface area contributed by atoms with Gasteiger partial charge in [-0.15, -0.1) is 0 Å². The summed E-state index contributed by atoms with van der Waals surface area (Å²) in [7, 11) is 0. The highest BCUT2D eigenvalue weighted by Crippen LogP contribution is 2.16. The van der Waals surface area contributed by atoms with Crippen molar-refractivity contribution in [3.05, 3.63) is 54.4 Å². The Morgan fingerprint density at radius 2 is 2.00 bits per heavy atom. The first-order chi connectivity index (χ1) is 11.1. The Morgan fingerprint density at radius 3 is 2.65 bits per heavy atom. The molecule has 0 radical (unpaired) electrons. The van der Waals surface area contributed by atoms with Gasteiger partial charge in [-0.2, -0.15) is 0 Å². The van der Waals surface area contributed by atoms with Gasteiger partial charge in [0, 0.05) is 37.6 Å². The van der Waals surface area contributed by atoms with Gasteiger partial charge in [-0.1, -0.05) is 6.07 Å². The maximum absolute atomic E-state index is 11.9. The second-order valence-corrected chi connectivity index (χ2v) is 5.53. The van der Waals surface area contributed by atoms with E-state index in [0.717, 1.165) is 17.0 Å². The number of hydrogen-bond donors (Lipinski definition) is 2. The molecule has 0 bridgehead atoms. The van der Waals surface area contributed by atoms with Gasteiger partial charge in [-0.25, -0.2) is 0 Å². The highest BCUT2D eigenvalue weighted by atomic mass is 16.5. The molecule has 1 aromatic heterocycles. The Hall–Kier alpha value is -2.40. The summed E-state index contributed by atoms with van der Waals surface area (Å²) in [5.74, 6) is 0.789. The van der Waals surface area contributed by atoms with Gasteiger partial charge >= 0.3 is 0 Å². The number of amides is 1. The van der Waals surface area contributed by atoms with Gasteiger partial charge in [-0.05, 0) is 49.7 Å². The minimum atomic E-state index is -0.0128. The molecule has 0 aliphatic carbocycles. The van der Waals surface area contributed by atoms with Crippen molar-refractivity contribution >= 4 is 11.6 Å². The van der Waals surface area contributed by atoms with Crippen LogP contribution in [-0.4, -0.2) is 23.5 Å². The van der Waals surface area contributed by atoms with Crippen molar-refractivity contribution in [1.29, 1.82) is 0 Å². The molecule has 0 fully saturated rings. The summed E-state index contributed by atoms with van der Waals surface area (Å²) in [5, 5.41) is 6.10. The number of rotatable bonds is 8. The predicted octanol–water partition coefficient (Wildman–Crippen LogP) is 2.99. The van der Waals surface area contributed by atoms with E-state index in [9.17, 15) is 4.79 Å². The van der Waals surface area contributed by atoms with E-state index in [-0.39, 0.29) is 12.0 Å². The zero-order valence-electron chi connectivity index (χ0n) is 13.6. The summed E-state index contributed by atoms with van der Waals surface area (Å²) < 4.78 is 5.57. The summed E-state index contributed by atoms with van der Waals surface area (Å²) in [6.07, 6.45) is 4.12. The van der Waals surface area contributed by atoms with E-state index in [1.807, 2.05) is 56.4 Å². The van der Waals surface area contributed by atoms with Crippen molar-refractivity contribution < 1.29 is 9.53 Å². The minimum Gasteiger partial charge on any atom is -0.491 e. The molecule has 5 heteroatoms. The number of carbonyl (C=O) groups is 1. The van der Waals surface area contributed by atoms with Crippen LogP contribution in [-0.2, 0) is 11.3 Å². The molecule has 2 aromatic rings. The third-order valence-electron chi connectivity index (χ3n) is 3.09. The molecule has 0 spiro atoms. The van der Waals surface area contributed by atoms with E-state index in [0.29, 0.717) is 19.5 Å². The van der Waals surface area contributed by atoms with Crippen LogP contribution < -0.4 is 15.4 Å². The Kier molecular flexibility index (Phi) is 6.56. The lowest BCUT2D eigenvalue weighted by molar-refractivity contribution is -0.116. The molecule has 1 amide bonds. The van der Waals surface area contributed by atoms with Crippen molar-refractivity contribution in [2.75, 3.05) is 11.9 Å². The molecular weight excluding hydrogens is 290 g/mol. The topological polar surface area (TPSA) is 63.2 Å². The van der Waals surface area contributed by atoms with Crippen LogP contribution in [0.2, 0.25) is 0 Å². The number of carbonyl (C=O) groups excluding carboxylic acids is 1. The molecule has 23 heavy (non-hydrogen) atoms. The van der Waals surface area contributed by atoms with E-state index < -0.39 is 0 Å². The molecule has 0 aliphatic rings. The Bertz CT molecular complexity index is 597.